The first kappa shape index (κ1) is 9.97. The van der Waals surface area contributed by atoms with Crippen LogP contribution in [0.3, 0.4) is 0 Å². The van der Waals surface area contributed by atoms with Gasteiger partial charge >= 0.3 is 0 Å². The number of hydrogen-bond acceptors (Lipinski definition) is 0. The lowest BCUT2D eigenvalue weighted by Crippen LogP contribution is -1.82. The summed E-state index contributed by atoms with van der Waals surface area (Å²) in [6.07, 6.45) is 13.3. The fourth-order valence-electron chi connectivity index (χ4n) is 1.64. The molecule has 0 amide bonds. The largest absolute Gasteiger partial charge is 0.0842 e. The molecule has 1 aromatic carbocycles. The van der Waals surface area contributed by atoms with Crippen molar-refractivity contribution in [3.63, 3.8) is 0 Å². The van der Waals surface area contributed by atoms with Crippen molar-refractivity contribution in [1.29, 1.82) is 0 Å². The number of allylic oxidation sites excluding steroid dienone is 5. The van der Waals surface area contributed by atoms with E-state index >= 15 is 0 Å². The average molecular weight is 196 g/mol. The summed E-state index contributed by atoms with van der Waals surface area (Å²) < 4.78 is 0. The molecule has 0 aliphatic heterocycles. The number of aryl methyl sites for hydroxylation is 1. The minimum absolute atomic E-state index is 1.17. The van der Waals surface area contributed by atoms with Crippen LogP contribution in [0.15, 0.2) is 54.1 Å². The minimum atomic E-state index is 1.17. The highest BCUT2D eigenvalue weighted by molar-refractivity contribution is 5.53. The van der Waals surface area contributed by atoms with Crippen LogP contribution in [0, 0.1) is 6.92 Å². The Morgan fingerprint density at radius 2 is 1.87 bits per heavy atom. The molecule has 0 nitrogen and oxygen atoms in total. The molecule has 0 bridgehead atoms. The molecule has 1 aliphatic rings. The highest BCUT2D eigenvalue weighted by Crippen LogP contribution is 2.14. The van der Waals surface area contributed by atoms with E-state index in [0.717, 1.165) is 0 Å². The van der Waals surface area contributed by atoms with Crippen molar-refractivity contribution < 1.29 is 0 Å². The van der Waals surface area contributed by atoms with Crippen molar-refractivity contribution in [2.45, 2.75) is 19.8 Å². The molecule has 0 heterocycles. The standard InChI is InChI=1S/C15H16/c1-13-7-9-15(10-8-13)12-11-14-5-3-2-4-6-14/h2-3,5,7-12H,4,6H2,1H3/b12-11+. The third-order valence-electron chi connectivity index (χ3n) is 2.61. The fraction of sp³-hybridized carbons (Fsp3) is 0.200. The Hall–Kier alpha value is -1.56. The summed E-state index contributed by atoms with van der Waals surface area (Å²) in [6.45, 7) is 2.11. The highest BCUT2D eigenvalue weighted by Gasteiger charge is 1.94. The van der Waals surface area contributed by atoms with E-state index < -0.39 is 0 Å². The summed E-state index contributed by atoms with van der Waals surface area (Å²) in [5.41, 5.74) is 4.00. The molecule has 0 heteroatoms. The summed E-state index contributed by atoms with van der Waals surface area (Å²) in [5.74, 6) is 0. The van der Waals surface area contributed by atoms with Gasteiger partial charge in [0.05, 0.1) is 0 Å². The molecule has 0 aromatic heterocycles. The zero-order chi connectivity index (χ0) is 10.5. The maximum Gasteiger partial charge on any atom is -0.0244 e. The molecule has 0 radical (unpaired) electrons. The van der Waals surface area contributed by atoms with Gasteiger partial charge in [0.1, 0.15) is 0 Å². The molecule has 76 valence electrons. The molecule has 0 unspecified atom stereocenters. The van der Waals surface area contributed by atoms with Gasteiger partial charge in [-0.15, -0.1) is 0 Å². The van der Waals surface area contributed by atoms with E-state index in [1.807, 2.05) is 0 Å². The van der Waals surface area contributed by atoms with Crippen LogP contribution in [0.4, 0.5) is 0 Å². The zero-order valence-corrected chi connectivity index (χ0v) is 9.11. The molecular formula is C15H16. The van der Waals surface area contributed by atoms with Crippen molar-refractivity contribution >= 4 is 6.08 Å². The van der Waals surface area contributed by atoms with Gasteiger partial charge in [-0.25, -0.2) is 0 Å². The molecule has 0 N–H and O–H groups in total. The van der Waals surface area contributed by atoms with E-state index in [0.29, 0.717) is 0 Å². The Balaban J connectivity index is 2.07. The predicted octanol–water partition coefficient (Wildman–Crippen LogP) is 4.28. The number of hydrogen-bond donors (Lipinski definition) is 0. The quantitative estimate of drug-likeness (QED) is 0.662. The molecular weight excluding hydrogens is 180 g/mol. The van der Waals surface area contributed by atoms with E-state index in [9.17, 15) is 0 Å². The van der Waals surface area contributed by atoms with Crippen LogP contribution in [-0.4, -0.2) is 0 Å². The van der Waals surface area contributed by atoms with E-state index in [4.69, 9.17) is 0 Å². The maximum absolute atomic E-state index is 2.22. The van der Waals surface area contributed by atoms with Gasteiger partial charge in [0.2, 0.25) is 0 Å². The number of benzene rings is 1. The first-order valence-electron chi connectivity index (χ1n) is 5.45. The topological polar surface area (TPSA) is 0 Å². The second kappa shape index (κ2) is 4.79. The van der Waals surface area contributed by atoms with Crippen LogP contribution < -0.4 is 0 Å². The van der Waals surface area contributed by atoms with Gasteiger partial charge < -0.3 is 0 Å². The van der Waals surface area contributed by atoms with Crippen LogP contribution in [0.1, 0.15) is 24.0 Å². The van der Waals surface area contributed by atoms with Crippen LogP contribution in [0.25, 0.3) is 6.08 Å². The molecule has 2 rings (SSSR count). The molecule has 15 heavy (non-hydrogen) atoms. The third kappa shape index (κ3) is 2.95. The van der Waals surface area contributed by atoms with Crippen molar-refractivity contribution in [1.82, 2.24) is 0 Å². The van der Waals surface area contributed by atoms with Crippen LogP contribution in [0.5, 0.6) is 0 Å². The second-order valence-corrected chi connectivity index (χ2v) is 3.95. The summed E-state index contributed by atoms with van der Waals surface area (Å²) in [7, 11) is 0. The van der Waals surface area contributed by atoms with Gasteiger partial charge in [0, 0.05) is 0 Å². The first-order chi connectivity index (χ1) is 7.34. The molecule has 0 spiro atoms. The van der Waals surface area contributed by atoms with Gasteiger partial charge in [-0.3, -0.25) is 0 Å². The Bertz CT molecular complexity index is 402. The Morgan fingerprint density at radius 1 is 1.07 bits per heavy atom. The van der Waals surface area contributed by atoms with Crippen LogP contribution in [0.2, 0.25) is 0 Å². The minimum Gasteiger partial charge on any atom is -0.0842 e. The third-order valence-corrected chi connectivity index (χ3v) is 2.61. The summed E-state index contributed by atoms with van der Waals surface area (Å²) in [4.78, 5) is 0. The summed E-state index contributed by atoms with van der Waals surface area (Å²) >= 11 is 0. The Morgan fingerprint density at radius 3 is 2.53 bits per heavy atom. The van der Waals surface area contributed by atoms with Gasteiger partial charge in [-0.2, -0.15) is 0 Å². The van der Waals surface area contributed by atoms with Gasteiger partial charge in [-0.1, -0.05) is 60.2 Å². The molecule has 1 aromatic rings. The Labute approximate surface area is 91.6 Å². The van der Waals surface area contributed by atoms with Crippen molar-refractivity contribution in [2.24, 2.45) is 0 Å². The van der Waals surface area contributed by atoms with E-state index in [-0.39, 0.29) is 0 Å². The SMILES string of the molecule is Cc1ccc(/C=C/C2=CC=CCC2)cc1. The molecule has 0 fully saturated rings. The summed E-state index contributed by atoms with van der Waals surface area (Å²) in [6, 6.07) is 8.61. The summed E-state index contributed by atoms with van der Waals surface area (Å²) in [5, 5.41) is 0. The monoisotopic (exact) mass is 196 g/mol. The van der Waals surface area contributed by atoms with Crippen LogP contribution in [-0.2, 0) is 0 Å². The second-order valence-electron chi connectivity index (χ2n) is 3.95. The molecule has 1 aliphatic carbocycles. The van der Waals surface area contributed by atoms with Gasteiger partial charge in [-0.05, 0) is 30.9 Å². The fourth-order valence-corrected chi connectivity index (χ4v) is 1.64. The molecule has 0 saturated heterocycles. The lowest BCUT2D eigenvalue weighted by Gasteiger charge is -2.02. The van der Waals surface area contributed by atoms with Crippen LogP contribution >= 0.6 is 0 Å². The lowest BCUT2D eigenvalue weighted by atomic mass is 10.0. The van der Waals surface area contributed by atoms with E-state index in [1.54, 1.807) is 0 Å². The smallest absolute Gasteiger partial charge is 0.0244 e. The molecule has 0 saturated carbocycles. The normalized spacial score (nSPS) is 15.7. The molecule has 0 atom stereocenters. The number of rotatable bonds is 2. The predicted molar refractivity (Wildman–Crippen MR) is 66.7 cm³/mol. The first-order valence-corrected chi connectivity index (χ1v) is 5.45. The van der Waals surface area contributed by atoms with Crippen molar-refractivity contribution in [3.05, 3.63) is 65.3 Å². The maximum atomic E-state index is 2.22. The van der Waals surface area contributed by atoms with Crippen molar-refractivity contribution in [3.8, 4) is 0 Å². The van der Waals surface area contributed by atoms with E-state index in [2.05, 4.69) is 61.6 Å². The highest BCUT2D eigenvalue weighted by atomic mass is 14.0. The average Bonchev–Trinajstić information content (AvgIpc) is 2.30. The van der Waals surface area contributed by atoms with E-state index in [1.165, 1.54) is 29.5 Å². The van der Waals surface area contributed by atoms with Crippen molar-refractivity contribution in [2.75, 3.05) is 0 Å². The van der Waals surface area contributed by atoms with Gasteiger partial charge in [0.15, 0.2) is 0 Å². The zero-order valence-electron chi connectivity index (χ0n) is 9.11. The van der Waals surface area contributed by atoms with Gasteiger partial charge in [0.25, 0.3) is 0 Å². The Kier molecular flexibility index (Phi) is 3.18. The lowest BCUT2D eigenvalue weighted by molar-refractivity contribution is 0.992.